The number of rotatable bonds is 3. The van der Waals surface area contributed by atoms with E-state index in [1.165, 1.54) is 29.6 Å². The predicted molar refractivity (Wildman–Crippen MR) is 80.5 cm³/mol. The van der Waals surface area contributed by atoms with Crippen molar-refractivity contribution in [3.63, 3.8) is 0 Å². The summed E-state index contributed by atoms with van der Waals surface area (Å²) in [6.07, 6.45) is 2.69. The van der Waals surface area contributed by atoms with Crippen molar-refractivity contribution in [2.24, 2.45) is 4.40 Å². The molecule has 0 aliphatic carbocycles. The smallest absolute Gasteiger partial charge is 0.284 e. The van der Waals surface area contributed by atoms with Gasteiger partial charge in [-0.25, -0.2) is 4.98 Å². The summed E-state index contributed by atoms with van der Waals surface area (Å²) in [4.78, 5) is 5.45. The molecule has 0 aliphatic heterocycles. The number of nitrogens with two attached hydrogens (primary N) is 1. The molecule has 0 radical (unpaired) electrons. The van der Waals surface area contributed by atoms with Crippen LogP contribution in [0.5, 0.6) is 0 Å². The molecule has 8 heteroatoms. The van der Waals surface area contributed by atoms with Crippen molar-refractivity contribution in [3.05, 3.63) is 29.5 Å². The molecule has 2 rings (SSSR count). The van der Waals surface area contributed by atoms with Crippen LogP contribution in [0.15, 0.2) is 33.7 Å². The number of pyridine rings is 1. The van der Waals surface area contributed by atoms with Crippen LogP contribution in [0, 0.1) is 0 Å². The Labute approximate surface area is 121 Å². The van der Waals surface area contributed by atoms with Crippen molar-refractivity contribution in [2.75, 3.05) is 19.8 Å². The number of aromatic nitrogens is 1. The molecule has 2 aromatic rings. The average Bonchev–Trinajstić information content (AvgIpc) is 2.36. The summed E-state index contributed by atoms with van der Waals surface area (Å²) in [6.45, 7) is 0. The molecular weight excluding hydrogens is 300 g/mol. The third-order valence-electron chi connectivity index (χ3n) is 2.48. The summed E-state index contributed by atoms with van der Waals surface area (Å²) in [5.74, 6) is 0. The largest absolute Gasteiger partial charge is 0.399 e. The van der Waals surface area contributed by atoms with Gasteiger partial charge in [0, 0.05) is 36.8 Å². The van der Waals surface area contributed by atoms with Gasteiger partial charge in [-0.2, -0.15) is 8.42 Å². The highest BCUT2D eigenvalue weighted by molar-refractivity contribution is 7.90. The summed E-state index contributed by atoms with van der Waals surface area (Å²) in [6, 6.07) is 4.47. The highest BCUT2D eigenvalue weighted by atomic mass is 35.5. The molecule has 2 N–H and O–H groups in total. The van der Waals surface area contributed by atoms with Gasteiger partial charge in [0.15, 0.2) is 0 Å². The maximum atomic E-state index is 12.3. The number of sulfonamides is 1. The zero-order valence-electron chi connectivity index (χ0n) is 10.9. The number of hydrogen-bond acceptors (Lipinski definition) is 4. The summed E-state index contributed by atoms with van der Waals surface area (Å²) >= 11 is 5.82. The van der Waals surface area contributed by atoms with E-state index in [1.807, 2.05) is 0 Å². The Balaban J connectivity index is 2.73. The Bertz CT molecular complexity index is 787. The van der Waals surface area contributed by atoms with Gasteiger partial charge in [-0.05, 0) is 18.2 Å². The molecule has 0 atom stereocenters. The molecule has 0 aliphatic rings. The van der Waals surface area contributed by atoms with E-state index in [9.17, 15) is 8.42 Å². The SMILES string of the molecule is CN(C)/C=N/S(=O)(=O)c1cc(N)cc2cnc(Cl)cc12. The monoisotopic (exact) mass is 312 g/mol. The second-order valence-electron chi connectivity index (χ2n) is 4.41. The van der Waals surface area contributed by atoms with Crippen molar-refractivity contribution in [1.82, 2.24) is 9.88 Å². The third-order valence-corrected chi connectivity index (χ3v) is 3.95. The summed E-state index contributed by atoms with van der Waals surface area (Å²) in [7, 11) is -0.504. The summed E-state index contributed by atoms with van der Waals surface area (Å²) in [5, 5.41) is 1.23. The second-order valence-corrected chi connectivity index (χ2v) is 6.39. The van der Waals surface area contributed by atoms with Gasteiger partial charge in [-0.1, -0.05) is 11.6 Å². The van der Waals surface area contributed by atoms with E-state index in [-0.39, 0.29) is 10.0 Å². The van der Waals surface area contributed by atoms with Crippen LogP contribution in [0.3, 0.4) is 0 Å². The van der Waals surface area contributed by atoms with Gasteiger partial charge < -0.3 is 10.6 Å². The second kappa shape index (κ2) is 5.26. The standard InChI is InChI=1S/C12H13ClN4O2S/c1-17(2)7-16-20(18,19)11-4-9(14)3-8-6-15-12(13)5-10(8)11/h3-7H,14H2,1-2H3/b16-7+. The Morgan fingerprint density at radius 2 is 2.05 bits per heavy atom. The number of nitrogens with zero attached hydrogens (tertiary/aromatic N) is 3. The van der Waals surface area contributed by atoms with Crippen molar-refractivity contribution in [1.29, 1.82) is 0 Å². The van der Waals surface area contributed by atoms with Gasteiger partial charge in [-0.15, -0.1) is 4.40 Å². The lowest BCUT2D eigenvalue weighted by Crippen LogP contribution is -2.10. The van der Waals surface area contributed by atoms with Crippen LogP contribution in [0.2, 0.25) is 5.15 Å². The van der Waals surface area contributed by atoms with Gasteiger partial charge in [0.25, 0.3) is 10.0 Å². The van der Waals surface area contributed by atoms with Gasteiger partial charge in [0.2, 0.25) is 0 Å². The number of anilines is 1. The van der Waals surface area contributed by atoms with E-state index in [2.05, 4.69) is 9.38 Å². The minimum absolute atomic E-state index is 0.00917. The van der Waals surface area contributed by atoms with Crippen molar-refractivity contribution >= 4 is 44.4 Å². The summed E-state index contributed by atoms with van der Waals surface area (Å²) < 4.78 is 28.1. The molecular formula is C12H13ClN4O2S. The molecule has 20 heavy (non-hydrogen) atoms. The molecule has 1 aromatic heterocycles. The lowest BCUT2D eigenvalue weighted by atomic mass is 10.1. The summed E-state index contributed by atoms with van der Waals surface area (Å²) in [5.41, 5.74) is 6.05. The van der Waals surface area contributed by atoms with Crippen LogP contribution in [0.1, 0.15) is 0 Å². The predicted octanol–water partition coefficient (Wildman–Crippen LogP) is 1.75. The number of nitrogen functional groups attached to an aromatic ring is 1. The normalized spacial score (nSPS) is 12.2. The van der Waals surface area contributed by atoms with E-state index < -0.39 is 10.0 Å². The fourth-order valence-electron chi connectivity index (χ4n) is 1.65. The first-order chi connectivity index (χ1) is 9.29. The minimum Gasteiger partial charge on any atom is -0.399 e. The Hall–Kier alpha value is -1.86. The van der Waals surface area contributed by atoms with Crippen LogP contribution in [0.4, 0.5) is 5.69 Å². The molecule has 0 fully saturated rings. The van der Waals surface area contributed by atoms with Gasteiger partial charge in [0.1, 0.15) is 11.5 Å². The van der Waals surface area contributed by atoms with Gasteiger partial charge in [0.05, 0.1) is 4.90 Å². The number of benzene rings is 1. The van der Waals surface area contributed by atoms with Gasteiger partial charge >= 0.3 is 0 Å². The molecule has 106 valence electrons. The first-order valence-electron chi connectivity index (χ1n) is 5.61. The van der Waals surface area contributed by atoms with E-state index in [1.54, 1.807) is 20.2 Å². The van der Waals surface area contributed by atoms with Crippen LogP contribution < -0.4 is 5.73 Å². The Morgan fingerprint density at radius 3 is 2.70 bits per heavy atom. The maximum absolute atomic E-state index is 12.3. The number of hydrogen-bond donors (Lipinski definition) is 1. The fraction of sp³-hybridized carbons (Fsp3) is 0.167. The minimum atomic E-state index is -3.86. The average molecular weight is 313 g/mol. The number of halogens is 1. The zero-order chi connectivity index (χ0) is 14.9. The highest BCUT2D eigenvalue weighted by Gasteiger charge is 2.17. The highest BCUT2D eigenvalue weighted by Crippen LogP contribution is 2.28. The molecule has 0 unspecified atom stereocenters. The molecule has 1 heterocycles. The molecule has 0 bridgehead atoms. The zero-order valence-corrected chi connectivity index (χ0v) is 12.5. The lowest BCUT2D eigenvalue weighted by molar-refractivity contribution is 0.595. The third kappa shape index (κ3) is 3.00. The van der Waals surface area contributed by atoms with Crippen LogP contribution in [-0.2, 0) is 10.0 Å². The molecule has 6 nitrogen and oxygen atoms in total. The Kier molecular flexibility index (Phi) is 3.82. The quantitative estimate of drug-likeness (QED) is 0.404. The first-order valence-corrected chi connectivity index (χ1v) is 7.43. The lowest BCUT2D eigenvalue weighted by Gasteiger charge is -2.08. The Morgan fingerprint density at radius 1 is 1.35 bits per heavy atom. The van der Waals surface area contributed by atoms with Gasteiger partial charge in [-0.3, -0.25) is 0 Å². The van der Waals surface area contributed by atoms with Crippen LogP contribution in [-0.4, -0.2) is 38.7 Å². The molecule has 0 spiro atoms. The molecule has 0 saturated heterocycles. The first kappa shape index (κ1) is 14.5. The van der Waals surface area contributed by atoms with E-state index in [0.29, 0.717) is 16.5 Å². The fourth-order valence-corrected chi connectivity index (χ4v) is 2.97. The topological polar surface area (TPSA) is 88.7 Å². The van der Waals surface area contributed by atoms with Crippen molar-refractivity contribution < 1.29 is 8.42 Å². The van der Waals surface area contributed by atoms with Crippen molar-refractivity contribution in [3.8, 4) is 0 Å². The molecule has 0 saturated carbocycles. The van der Waals surface area contributed by atoms with Crippen LogP contribution >= 0.6 is 11.6 Å². The van der Waals surface area contributed by atoms with E-state index in [4.69, 9.17) is 17.3 Å². The van der Waals surface area contributed by atoms with E-state index in [0.717, 1.165) is 0 Å². The maximum Gasteiger partial charge on any atom is 0.284 e. The van der Waals surface area contributed by atoms with Crippen molar-refractivity contribution in [2.45, 2.75) is 4.90 Å². The molecule has 0 amide bonds. The van der Waals surface area contributed by atoms with Crippen LogP contribution in [0.25, 0.3) is 10.8 Å². The number of fused-ring (bicyclic) bond motifs is 1. The molecule has 1 aromatic carbocycles. The van der Waals surface area contributed by atoms with E-state index >= 15 is 0 Å².